The monoisotopic (exact) mass is 368 g/mol. The summed E-state index contributed by atoms with van der Waals surface area (Å²) in [5.74, 6) is 1.40. The highest BCUT2D eigenvalue weighted by Crippen LogP contribution is 2.37. The van der Waals surface area contributed by atoms with Crippen LogP contribution < -0.4 is 9.47 Å². The third kappa shape index (κ3) is 4.79. The Morgan fingerprint density at radius 2 is 2.04 bits per heavy atom. The smallest absolute Gasteiger partial charge is 0.219 e. The number of methoxy groups -OCH3 is 1. The van der Waals surface area contributed by atoms with Crippen LogP contribution in [0.2, 0.25) is 5.02 Å². The van der Waals surface area contributed by atoms with Crippen molar-refractivity contribution < 1.29 is 14.3 Å². The molecule has 2 rings (SSSR count). The number of benzene rings is 1. The lowest BCUT2D eigenvalue weighted by Crippen LogP contribution is -2.59. The van der Waals surface area contributed by atoms with Crippen molar-refractivity contribution in [2.24, 2.45) is 0 Å². The fourth-order valence-corrected chi connectivity index (χ4v) is 3.47. The molecule has 1 fully saturated rings. The number of nitrogens with zero attached hydrogens (tertiary/aromatic N) is 2. The molecular weight excluding hydrogens is 340 g/mol. The van der Waals surface area contributed by atoms with Gasteiger partial charge in [0.25, 0.3) is 0 Å². The van der Waals surface area contributed by atoms with Gasteiger partial charge in [-0.3, -0.25) is 9.69 Å². The van der Waals surface area contributed by atoms with Gasteiger partial charge < -0.3 is 14.4 Å². The maximum absolute atomic E-state index is 11.7. The number of hydrogen-bond donors (Lipinski definition) is 0. The first kappa shape index (κ1) is 19.9. The molecule has 5 nitrogen and oxygen atoms in total. The number of ether oxygens (including phenoxy) is 2. The topological polar surface area (TPSA) is 42.0 Å². The van der Waals surface area contributed by atoms with E-state index < -0.39 is 0 Å². The molecule has 1 amide bonds. The second-order valence-corrected chi connectivity index (χ2v) is 7.54. The lowest BCUT2D eigenvalue weighted by molar-refractivity contribution is -0.134. The molecule has 1 saturated heterocycles. The van der Waals surface area contributed by atoms with Crippen LogP contribution in [0, 0.1) is 0 Å². The second-order valence-electron chi connectivity index (χ2n) is 7.13. The van der Waals surface area contributed by atoms with Crippen LogP contribution in [0.5, 0.6) is 11.5 Å². The van der Waals surface area contributed by atoms with E-state index in [0.29, 0.717) is 23.1 Å². The Bertz CT molecular complexity index is 619. The number of hydrogen-bond acceptors (Lipinski definition) is 4. The van der Waals surface area contributed by atoms with E-state index >= 15 is 0 Å². The van der Waals surface area contributed by atoms with Gasteiger partial charge in [0.2, 0.25) is 5.91 Å². The molecule has 0 aliphatic carbocycles. The van der Waals surface area contributed by atoms with E-state index in [1.165, 1.54) is 0 Å². The molecule has 0 spiro atoms. The van der Waals surface area contributed by atoms with Gasteiger partial charge in [-0.05, 0) is 38.0 Å². The summed E-state index contributed by atoms with van der Waals surface area (Å²) in [6.45, 7) is 11.7. The number of halogens is 1. The van der Waals surface area contributed by atoms with Crippen LogP contribution in [0.3, 0.4) is 0 Å². The minimum absolute atomic E-state index is 0.0962. The number of rotatable bonds is 6. The van der Waals surface area contributed by atoms with Gasteiger partial charge in [0, 0.05) is 38.6 Å². The summed E-state index contributed by atoms with van der Waals surface area (Å²) in [7, 11) is 1.63. The first-order valence-corrected chi connectivity index (χ1v) is 9.16. The Morgan fingerprint density at radius 3 is 2.60 bits per heavy atom. The van der Waals surface area contributed by atoms with Gasteiger partial charge in [-0.15, -0.1) is 0 Å². The van der Waals surface area contributed by atoms with Crippen LogP contribution in [0.25, 0.3) is 0 Å². The fraction of sp³-hybridized carbons (Fsp3) is 0.632. The first-order valence-electron chi connectivity index (χ1n) is 8.78. The van der Waals surface area contributed by atoms with Gasteiger partial charge in [-0.25, -0.2) is 0 Å². The summed E-state index contributed by atoms with van der Waals surface area (Å²) < 4.78 is 11.2. The van der Waals surface area contributed by atoms with Crippen molar-refractivity contribution in [1.29, 1.82) is 0 Å². The predicted octanol–water partition coefficient (Wildman–Crippen LogP) is 3.58. The largest absolute Gasteiger partial charge is 0.493 e. The van der Waals surface area contributed by atoms with Crippen LogP contribution >= 0.6 is 11.6 Å². The highest BCUT2D eigenvalue weighted by atomic mass is 35.5. The number of carbonyl (C=O) groups excluding carboxylic acids is 1. The third-order valence-electron chi connectivity index (χ3n) is 4.63. The van der Waals surface area contributed by atoms with Gasteiger partial charge in [-0.2, -0.15) is 0 Å². The van der Waals surface area contributed by atoms with Crippen molar-refractivity contribution in [3.63, 3.8) is 0 Å². The van der Waals surface area contributed by atoms with Crippen molar-refractivity contribution in [2.75, 3.05) is 33.4 Å². The molecule has 1 aromatic rings. The Kier molecular flexibility index (Phi) is 6.58. The zero-order valence-corrected chi connectivity index (χ0v) is 16.7. The standard InChI is InChI=1S/C19H29ClN2O3/c1-6-9-25-18-16(20)10-15(11-17(18)24-5)12-22-8-7-21(14(2)23)13-19(22,3)4/h10-11H,6-9,12-13H2,1-5H3. The van der Waals surface area contributed by atoms with E-state index in [9.17, 15) is 4.79 Å². The number of carbonyl (C=O) groups is 1. The van der Waals surface area contributed by atoms with Crippen molar-refractivity contribution in [3.8, 4) is 11.5 Å². The molecule has 0 radical (unpaired) electrons. The van der Waals surface area contributed by atoms with E-state index in [1.807, 2.05) is 17.0 Å². The van der Waals surface area contributed by atoms with Crippen molar-refractivity contribution in [2.45, 2.75) is 46.2 Å². The molecule has 0 unspecified atom stereocenters. The average Bonchev–Trinajstić information content (AvgIpc) is 2.54. The van der Waals surface area contributed by atoms with E-state index in [-0.39, 0.29) is 11.4 Å². The molecule has 0 atom stereocenters. The average molecular weight is 369 g/mol. The summed E-state index contributed by atoms with van der Waals surface area (Å²) in [5, 5.41) is 0.572. The van der Waals surface area contributed by atoms with Crippen LogP contribution in [0.4, 0.5) is 0 Å². The summed E-state index contributed by atoms with van der Waals surface area (Å²) >= 11 is 6.43. The SMILES string of the molecule is CCCOc1c(Cl)cc(CN2CCN(C(C)=O)CC2(C)C)cc1OC. The Hall–Kier alpha value is -1.46. The minimum atomic E-state index is -0.0962. The molecule has 0 bridgehead atoms. The molecule has 25 heavy (non-hydrogen) atoms. The lowest BCUT2D eigenvalue weighted by atomic mass is 9.97. The van der Waals surface area contributed by atoms with Gasteiger partial charge in [0.05, 0.1) is 18.7 Å². The predicted molar refractivity (Wildman–Crippen MR) is 101 cm³/mol. The Labute approximate surface area is 155 Å². The maximum atomic E-state index is 11.7. The number of piperazine rings is 1. The molecule has 1 aromatic carbocycles. The lowest BCUT2D eigenvalue weighted by Gasteiger charge is -2.47. The highest BCUT2D eigenvalue weighted by Gasteiger charge is 2.34. The highest BCUT2D eigenvalue weighted by molar-refractivity contribution is 6.32. The normalized spacial score (nSPS) is 17.4. The minimum Gasteiger partial charge on any atom is -0.493 e. The molecule has 0 N–H and O–H groups in total. The van der Waals surface area contributed by atoms with Crippen molar-refractivity contribution >= 4 is 17.5 Å². The molecule has 140 valence electrons. The maximum Gasteiger partial charge on any atom is 0.219 e. The summed E-state index contributed by atoms with van der Waals surface area (Å²) in [4.78, 5) is 16.0. The van der Waals surface area contributed by atoms with Crippen LogP contribution in [0.1, 0.15) is 39.7 Å². The van der Waals surface area contributed by atoms with E-state index in [1.54, 1.807) is 14.0 Å². The van der Waals surface area contributed by atoms with Gasteiger partial charge in [0.1, 0.15) is 0 Å². The summed E-state index contributed by atoms with van der Waals surface area (Å²) in [6.07, 6.45) is 0.913. The first-order chi connectivity index (χ1) is 11.8. The van der Waals surface area contributed by atoms with E-state index in [4.69, 9.17) is 21.1 Å². The van der Waals surface area contributed by atoms with Crippen LogP contribution in [-0.4, -0.2) is 54.6 Å². The zero-order chi connectivity index (χ0) is 18.6. The third-order valence-corrected chi connectivity index (χ3v) is 4.91. The van der Waals surface area contributed by atoms with E-state index in [0.717, 1.165) is 38.2 Å². The van der Waals surface area contributed by atoms with Crippen LogP contribution in [0.15, 0.2) is 12.1 Å². The second kappa shape index (κ2) is 8.28. The summed E-state index contributed by atoms with van der Waals surface area (Å²) in [6, 6.07) is 3.94. The Morgan fingerprint density at radius 1 is 1.32 bits per heavy atom. The van der Waals surface area contributed by atoms with Crippen LogP contribution in [-0.2, 0) is 11.3 Å². The van der Waals surface area contributed by atoms with E-state index in [2.05, 4.69) is 25.7 Å². The van der Waals surface area contributed by atoms with Crippen molar-refractivity contribution in [1.82, 2.24) is 9.80 Å². The molecule has 0 aromatic heterocycles. The fourth-order valence-electron chi connectivity index (χ4n) is 3.18. The molecule has 1 aliphatic rings. The molecule has 0 saturated carbocycles. The van der Waals surface area contributed by atoms with Gasteiger partial charge >= 0.3 is 0 Å². The molecular formula is C19H29ClN2O3. The van der Waals surface area contributed by atoms with Crippen molar-refractivity contribution in [3.05, 3.63) is 22.7 Å². The summed E-state index contributed by atoms with van der Waals surface area (Å²) in [5.41, 5.74) is 0.983. The Balaban J connectivity index is 2.17. The molecule has 6 heteroatoms. The quantitative estimate of drug-likeness (QED) is 0.769. The van der Waals surface area contributed by atoms with Gasteiger partial charge in [0.15, 0.2) is 11.5 Å². The molecule has 1 aliphatic heterocycles. The number of amides is 1. The zero-order valence-electron chi connectivity index (χ0n) is 15.9. The molecule has 1 heterocycles. The van der Waals surface area contributed by atoms with Gasteiger partial charge in [-0.1, -0.05) is 18.5 Å².